The van der Waals surface area contributed by atoms with Crippen LogP contribution in [0.15, 0.2) is 61.1 Å². The van der Waals surface area contributed by atoms with Gasteiger partial charge < -0.3 is 10.7 Å². The van der Waals surface area contributed by atoms with Crippen LogP contribution in [0.1, 0.15) is 16.8 Å². The third-order valence-electron chi connectivity index (χ3n) is 5.46. The van der Waals surface area contributed by atoms with Crippen molar-refractivity contribution in [3.63, 3.8) is 0 Å². The first-order valence-corrected chi connectivity index (χ1v) is 8.82. The topological polar surface area (TPSA) is 80.5 Å². The second kappa shape index (κ2) is 5.75. The van der Waals surface area contributed by atoms with E-state index in [1.165, 1.54) is 11.1 Å². The van der Waals surface area contributed by atoms with Gasteiger partial charge in [-0.05, 0) is 42.2 Å². The molecule has 0 amide bonds. The quantitative estimate of drug-likeness (QED) is 0.600. The van der Waals surface area contributed by atoms with Gasteiger partial charge in [-0.15, -0.1) is 0 Å². The molecule has 1 aromatic carbocycles. The molecule has 3 heterocycles. The number of hydrogen-bond donors (Lipinski definition) is 2. The summed E-state index contributed by atoms with van der Waals surface area (Å²) in [5, 5.41) is 0.980. The van der Waals surface area contributed by atoms with Crippen molar-refractivity contribution < 1.29 is 0 Å². The zero-order valence-corrected chi connectivity index (χ0v) is 14.3. The molecule has 3 aromatic heterocycles. The number of aromatic nitrogens is 4. The summed E-state index contributed by atoms with van der Waals surface area (Å²) in [6, 6.07) is 16.7. The first-order valence-electron chi connectivity index (χ1n) is 8.82. The molecular weight excluding hydrogens is 322 g/mol. The van der Waals surface area contributed by atoms with Crippen molar-refractivity contribution in [3.05, 3.63) is 77.9 Å². The Morgan fingerprint density at radius 2 is 1.77 bits per heavy atom. The lowest BCUT2D eigenvalue weighted by Crippen LogP contribution is -2.37. The maximum atomic E-state index is 6.27. The number of H-pyrrole nitrogens is 1. The number of hydrogen-bond acceptors (Lipinski definition) is 4. The molecule has 0 spiro atoms. The molecular formula is C21H19N5. The van der Waals surface area contributed by atoms with E-state index in [-0.39, 0.29) is 5.41 Å². The fourth-order valence-electron chi connectivity index (χ4n) is 4.06. The minimum Gasteiger partial charge on any atom is -0.346 e. The molecule has 0 saturated carbocycles. The maximum Gasteiger partial charge on any atom is 0.141 e. The Hall–Kier alpha value is -3.05. The van der Waals surface area contributed by atoms with Gasteiger partial charge in [-0.3, -0.25) is 4.98 Å². The summed E-state index contributed by atoms with van der Waals surface area (Å²) in [6.07, 6.45) is 5.31. The number of rotatable bonds is 3. The average molecular weight is 341 g/mol. The van der Waals surface area contributed by atoms with Crippen molar-refractivity contribution in [2.24, 2.45) is 5.73 Å². The van der Waals surface area contributed by atoms with E-state index >= 15 is 0 Å². The van der Waals surface area contributed by atoms with Crippen LogP contribution in [0.2, 0.25) is 0 Å². The van der Waals surface area contributed by atoms with Crippen molar-refractivity contribution in [2.75, 3.05) is 6.54 Å². The Kier molecular flexibility index (Phi) is 3.36. The van der Waals surface area contributed by atoms with E-state index in [9.17, 15) is 0 Å². The van der Waals surface area contributed by atoms with Gasteiger partial charge in [-0.1, -0.05) is 30.3 Å². The fourth-order valence-corrected chi connectivity index (χ4v) is 4.06. The molecule has 0 saturated heterocycles. The number of benzene rings is 1. The number of nitrogens with one attached hydrogen (secondary N) is 1. The van der Waals surface area contributed by atoms with Crippen molar-refractivity contribution >= 4 is 11.0 Å². The number of fused-ring (bicyclic) bond motifs is 2. The van der Waals surface area contributed by atoms with Gasteiger partial charge in [0.15, 0.2) is 0 Å². The summed E-state index contributed by atoms with van der Waals surface area (Å²) in [6.45, 7) is 0.571. The molecule has 0 atom stereocenters. The highest BCUT2D eigenvalue weighted by Gasteiger charge is 2.38. The van der Waals surface area contributed by atoms with Gasteiger partial charge in [-0.2, -0.15) is 0 Å². The predicted molar refractivity (Wildman–Crippen MR) is 102 cm³/mol. The van der Waals surface area contributed by atoms with Crippen LogP contribution in [0.4, 0.5) is 0 Å². The van der Waals surface area contributed by atoms with Crippen molar-refractivity contribution in [1.82, 2.24) is 19.9 Å². The first-order chi connectivity index (χ1) is 12.8. The highest BCUT2D eigenvalue weighted by molar-refractivity contribution is 5.89. The Bertz CT molecular complexity index is 1070. The van der Waals surface area contributed by atoms with Crippen LogP contribution >= 0.6 is 0 Å². The van der Waals surface area contributed by atoms with E-state index in [1.807, 2.05) is 18.3 Å². The van der Waals surface area contributed by atoms with Gasteiger partial charge in [-0.25, -0.2) is 9.97 Å². The lowest BCUT2D eigenvalue weighted by molar-refractivity contribution is 0.450. The van der Waals surface area contributed by atoms with E-state index in [4.69, 9.17) is 10.7 Å². The van der Waals surface area contributed by atoms with Crippen molar-refractivity contribution in [2.45, 2.75) is 18.3 Å². The predicted octanol–water partition coefficient (Wildman–Crippen LogP) is 3.02. The summed E-state index contributed by atoms with van der Waals surface area (Å²) < 4.78 is 0. The molecule has 0 radical (unpaired) electrons. The van der Waals surface area contributed by atoms with Crippen molar-refractivity contribution in [3.8, 4) is 11.4 Å². The minimum atomic E-state index is -0.149. The SMILES string of the molecule is NCC1(c2cccc(-c3ncnc4[nH]ccc34)n2)Cc2ccccc2C1. The van der Waals surface area contributed by atoms with Gasteiger partial charge in [0, 0.05) is 29.2 Å². The number of nitrogens with zero attached hydrogens (tertiary/aromatic N) is 3. The van der Waals surface area contributed by atoms with Crippen LogP contribution in [0.3, 0.4) is 0 Å². The summed E-state index contributed by atoms with van der Waals surface area (Å²) in [7, 11) is 0. The minimum absolute atomic E-state index is 0.149. The molecule has 5 nitrogen and oxygen atoms in total. The molecule has 5 rings (SSSR count). The summed E-state index contributed by atoms with van der Waals surface area (Å²) in [5.41, 5.74) is 12.4. The smallest absolute Gasteiger partial charge is 0.141 e. The highest BCUT2D eigenvalue weighted by Crippen LogP contribution is 2.39. The Morgan fingerprint density at radius 1 is 0.962 bits per heavy atom. The third kappa shape index (κ3) is 2.24. The number of nitrogens with two attached hydrogens (primary N) is 1. The largest absolute Gasteiger partial charge is 0.346 e. The molecule has 0 unspecified atom stereocenters. The Morgan fingerprint density at radius 3 is 2.54 bits per heavy atom. The second-order valence-corrected chi connectivity index (χ2v) is 6.98. The Balaban J connectivity index is 1.61. The molecule has 0 bridgehead atoms. The number of aromatic amines is 1. The van der Waals surface area contributed by atoms with Gasteiger partial charge >= 0.3 is 0 Å². The van der Waals surface area contributed by atoms with Gasteiger partial charge in [0.05, 0.1) is 5.69 Å². The third-order valence-corrected chi connectivity index (χ3v) is 5.46. The normalized spacial score (nSPS) is 15.3. The monoisotopic (exact) mass is 341 g/mol. The first kappa shape index (κ1) is 15.2. The molecule has 0 fully saturated rings. The van der Waals surface area contributed by atoms with E-state index in [0.29, 0.717) is 6.54 Å². The highest BCUT2D eigenvalue weighted by atomic mass is 14.9. The standard InChI is InChI=1S/C21H19N5/c22-12-21(10-14-4-1-2-5-15(14)11-21)18-7-3-6-17(26-18)19-16-8-9-23-20(16)25-13-24-19/h1-9,13H,10-12,22H2,(H,23,24,25). The zero-order valence-electron chi connectivity index (χ0n) is 14.3. The molecule has 4 aromatic rings. The van der Waals surface area contributed by atoms with Crippen LogP contribution in [0.25, 0.3) is 22.4 Å². The molecule has 1 aliphatic carbocycles. The summed E-state index contributed by atoms with van der Waals surface area (Å²) in [4.78, 5) is 16.9. The molecule has 128 valence electrons. The fraction of sp³-hybridized carbons (Fsp3) is 0.190. The molecule has 0 aliphatic heterocycles. The van der Waals surface area contributed by atoms with E-state index in [1.54, 1.807) is 6.33 Å². The van der Waals surface area contributed by atoms with Crippen LogP contribution in [-0.2, 0) is 18.3 Å². The van der Waals surface area contributed by atoms with Crippen molar-refractivity contribution in [1.29, 1.82) is 0 Å². The van der Waals surface area contributed by atoms with Crippen LogP contribution in [-0.4, -0.2) is 26.5 Å². The average Bonchev–Trinajstić information content (AvgIpc) is 3.32. The molecule has 1 aliphatic rings. The molecule has 5 heteroatoms. The lowest BCUT2D eigenvalue weighted by atomic mass is 9.81. The summed E-state index contributed by atoms with van der Waals surface area (Å²) in [5.74, 6) is 0. The van der Waals surface area contributed by atoms with E-state index in [2.05, 4.69) is 51.4 Å². The van der Waals surface area contributed by atoms with Crippen LogP contribution < -0.4 is 5.73 Å². The van der Waals surface area contributed by atoms with E-state index in [0.717, 1.165) is 41.0 Å². The van der Waals surface area contributed by atoms with E-state index < -0.39 is 0 Å². The van der Waals surface area contributed by atoms with Crippen LogP contribution in [0, 0.1) is 0 Å². The summed E-state index contributed by atoms with van der Waals surface area (Å²) >= 11 is 0. The van der Waals surface area contributed by atoms with Gasteiger partial charge in [0.25, 0.3) is 0 Å². The maximum absolute atomic E-state index is 6.27. The second-order valence-electron chi connectivity index (χ2n) is 6.98. The van der Waals surface area contributed by atoms with Crippen LogP contribution in [0.5, 0.6) is 0 Å². The zero-order chi connectivity index (χ0) is 17.6. The number of pyridine rings is 1. The van der Waals surface area contributed by atoms with Gasteiger partial charge in [0.1, 0.15) is 17.7 Å². The lowest BCUT2D eigenvalue weighted by Gasteiger charge is -2.27. The molecule has 26 heavy (non-hydrogen) atoms. The van der Waals surface area contributed by atoms with Gasteiger partial charge in [0.2, 0.25) is 0 Å². The Labute approximate surface area is 151 Å². The molecule has 3 N–H and O–H groups in total.